The molecule has 0 bridgehead atoms. The number of halogens is 1. The highest BCUT2D eigenvalue weighted by atomic mass is 127. The molecule has 0 spiro atoms. The number of rotatable bonds is 6. The number of nitrogens with one attached hydrogen (secondary N) is 1. The van der Waals surface area contributed by atoms with E-state index in [-0.39, 0.29) is 29.4 Å². The maximum Gasteiger partial charge on any atom is 0.194 e. The molecular formula is C21H30IN5O. The molecule has 1 saturated carbocycles. The highest BCUT2D eigenvalue weighted by molar-refractivity contribution is 14.0. The van der Waals surface area contributed by atoms with E-state index in [4.69, 9.17) is 9.52 Å². The van der Waals surface area contributed by atoms with Crippen LogP contribution in [0.4, 0.5) is 0 Å². The normalized spacial score (nSPS) is 19.2. The summed E-state index contributed by atoms with van der Waals surface area (Å²) in [5, 5.41) is 7.51. The zero-order valence-electron chi connectivity index (χ0n) is 16.5. The van der Waals surface area contributed by atoms with Gasteiger partial charge in [-0.15, -0.1) is 24.0 Å². The summed E-state index contributed by atoms with van der Waals surface area (Å²) < 4.78 is 4.94. The molecule has 1 aliphatic heterocycles. The molecule has 0 atom stereocenters. The van der Waals surface area contributed by atoms with Gasteiger partial charge in [-0.25, -0.2) is 0 Å². The molecule has 0 radical (unpaired) electrons. The lowest BCUT2D eigenvalue weighted by atomic mass is 9.96. The van der Waals surface area contributed by atoms with Crippen LogP contribution in [0.3, 0.4) is 0 Å². The third-order valence-electron chi connectivity index (χ3n) is 5.65. The summed E-state index contributed by atoms with van der Waals surface area (Å²) in [4.78, 5) is 9.85. The molecule has 4 rings (SSSR count). The molecule has 6 nitrogen and oxygen atoms in total. The molecule has 2 heterocycles. The fraction of sp³-hybridized carbons (Fsp3) is 0.524. The van der Waals surface area contributed by atoms with Crippen LogP contribution >= 0.6 is 24.0 Å². The van der Waals surface area contributed by atoms with Crippen LogP contribution in [-0.2, 0) is 12.0 Å². The monoisotopic (exact) mass is 495 g/mol. The first kappa shape index (κ1) is 21.1. The Morgan fingerprint density at radius 1 is 1.14 bits per heavy atom. The summed E-state index contributed by atoms with van der Waals surface area (Å²) in [5.41, 5.74) is 2.70. The van der Waals surface area contributed by atoms with Crippen molar-refractivity contribution in [2.45, 2.75) is 31.7 Å². The first-order valence-corrected chi connectivity index (χ1v) is 9.99. The third kappa shape index (κ3) is 5.05. The van der Waals surface area contributed by atoms with Gasteiger partial charge in [-0.3, -0.25) is 9.89 Å². The van der Waals surface area contributed by atoms with E-state index < -0.39 is 0 Å². The van der Waals surface area contributed by atoms with Gasteiger partial charge in [0.15, 0.2) is 5.96 Å². The molecule has 2 aliphatic rings. The van der Waals surface area contributed by atoms with Crippen LogP contribution in [-0.4, -0.2) is 60.2 Å². The number of hydrogen-bond acceptors (Lipinski definition) is 4. The molecule has 1 aliphatic carbocycles. The van der Waals surface area contributed by atoms with Crippen LogP contribution in [0.25, 0.3) is 0 Å². The number of piperazine rings is 1. The van der Waals surface area contributed by atoms with E-state index in [1.165, 1.54) is 18.4 Å². The lowest BCUT2D eigenvalue weighted by Gasteiger charge is -2.36. The second-order valence-electron chi connectivity index (χ2n) is 7.57. The minimum atomic E-state index is 0. The molecule has 2 fully saturated rings. The van der Waals surface area contributed by atoms with E-state index in [9.17, 15) is 0 Å². The molecule has 7 heteroatoms. The van der Waals surface area contributed by atoms with E-state index in [0.29, 0.717) is 0 Å². The van der Waals surface area contributed by atoms with Gasteiger partial charge in [-0.2, -0.15) is 0 Å². The summed E-state index contributed by atoms with van der Waals surface area (Å²) in [6.07, 6.45) is 4.12. The molecule has 1 aromatic heterocycles. The minimum absolute atomic E-state index is 0. The molecule has 1 aromatic carbocycles. The van der Waals surface area contributed by atoms with Gasteiger partial charge in [-0.05, 0) is 25.3 Å². The highest BCUT2D eigenvalue weighted by Gasteiger charge is 2.44. The molecule has 28 heavy (non-hydrogen) atoms. The van der Waals surface area contributed by atoms with Gasteiger partial charge in [0.25, 0.3) is 0 Å². The van der Waals surface area contributed by atoms with Crippen molar-refractivity contribution in [3.8, 4) is 0 Å². The quantitative estimate of drug-likeness (QED) is 0.379. The van der Waals surface area contributed by atoms with Crippen LogP contribution in [0.15, 0.2) is 52.2 Å². The molecule has 152 valence electrons. The standard InChI is InChI=1S/C21H29N5O.HI/c1-2-22-20(23-17-21(9-10-21)18-6-4-3-5-7-18)26-13-11-25(12-14-26)16-19-8-15-27-24-19;/h3-8,15H,2,9-14,16-17H2,1H3,(H,22,23);1H. The minimum Gasteiger partial charge on any atom is -0.364 e. The van der Waals surface area contributed by atoms with E-state index in [1.807, 2.05) is 6.07 Å². The summed E-state index contributed by atoms with van der Waals surface area (Å²) in [6, 6.07) is 12.8. The van der Waals surface area contributed by atoms with E-state index in [1.54, 1.807) is 6.26 Å². The maximum atomic E-state index is 5.03. The average Bonchev–Trinajstić information content (AvgIpc) is 3.34. The first-order valence-electron chi connectivity index (χ1n) is 9.99. The number of benzene rings is 1. The van der Waals surface area contributed by atoms with Gasteiger partial charge in [0.05, 0.1) is 12.2 Å². The Labute approximate surface area is 184 Å². The molecule has 0 unspecified atom stereocenters. The smallest absolute Gasteiger partial charge is 0.194 e. The van der Waals surface area contributed by atoms with Crippen LogP contribution in [0, 0.1) is 0 Å². The fourth-order valence-electron chi connectivity index (χ4n) is 3.80. The lowest BCUT2D eigenvalue weighted by Crippen LogP contribution is -2.52. The van der Waals surface area contributed by atoms with Crippen molar-refractivity contribution in [2.75, 3.05) is 39.3 Å². The maximum absolute atomic E-state index is 5.03. The average molecular weight is 495 g/mol. The van der Waals surface area contributed by atoms with Gasteiger partial charge in [-0.1, -0.05) is 35.5 Å². The van der Waals surface area contributed by atoms with Gasteiger partial charge >= 0.3 is 0 Å². The van der Waals surface area contributed by atoms with Crippen molar-refractivity contribution in [3.05, 3.63) is 53.9 Å². The van der Waals surface area contributed by atoms with E-state index in [2.05, 4.69) is 57.5 Å². The molecule has 1 saturated heterocycles. The predicted molar refractivity (Wildman–Crippen MR) is 122 cm³/mol. The Balaban J connectivity index is 0.00000225. The van der Waals surface area contributed by atoms with Crippen molar-refractivity contribution in [2.24, 2.45) is 4.99 Å². The Kier molecular flexibility index (Phi) is 7.34. The lowest BCUT2D eigenvalue weighted by molar-refractivity contribution is 0.169. The second kappa shape index (κ2) is 9.73. The van der Waals surface area contributed by atoms with Gasteiger partial charge in [0.1, 0.15) is 6.26 Å². The SMILES string of the molecule is CCNC(=NCC1(c2ccccc2)CC1)N1CCN(Cc2ccon2)CC1.I. The Morgan fingerprint density at radius 3 is 2.50 bits per heavy atom. The van der Waals surface area contributed by atoms with Crippen LogP contribution in [0.2, 0.25) is 0 Å². The van der Waals surface area contributed by atoms with E-state index >= 15 is 0 Å². The Morgan fingerprint density at radius 2 is 1.89 bits per heavy atom. The summed E-state index contributed by atoms with van der Waals surface area (Å²) in [5.74, 6) is 1.06. The van der Waals surface area contributed by atoms with Crippen molar-refractivity contribution >= 4 is 29.9 Å². The number of nitrogens with zero attached hydrogens (tertiary/aromatic N) is 4. The van der Waals surface area contributed by atoms with Crippen molar-refractivity contribution in [3.63, 3.8) is 0 Å². The van der Waals surface area contributed by atoms with Crippen molar-refractivity contribution < 1.29 is 4.52 Å². The van der Waals surface area contributed by atoms with Crippen LogP contribution in [0.5, 0.6) is 0 Å². The predicted octanol–water partition coefficient (Wildman–Crippen LogP) is 3.11. The fourth-order valence-corrected chi connectivity index (χ4v) is 3.80. The topological polar surface area (TPSA) is 56.9 Å². The van der Waals surface area contributed by atoms with Gasteiger partial charge in [0.2, 0.25) is 0 Å². The summed E-state index contributed by atoms with van der Waals surface area (Å²) in [6.45, 7) is 8.77. The molecule has 0 amide bonds. The molecule has 2 aromatic rings. The highest BCUT2D eigenvalue weighted by Crippen LogP contribution is 2.48. The number of aromatic nitrogens is 1. The van der Waals surface area contributed by atoms with Gasteiger partial charge in [0, 0.05) is 50.7 Å². The second-order valence-corrected chi connectivity index (χ2v) is 7.57. The first-order chi connectivity index (χ1) is 13.3. The zero-order chi connectivity index (χ0) is 18.5. The number of guanidine groups is 1. The Bertz CT molecular complexity index is 737. The number of aliphatic imine (C=N–C) groups is 1. The summed E-state index contributed by atoms with van der Waals surface area (Å²) >= 11 is 0. The molecular weight excluding hydrogens is 465 g/mol. The van der Waals surface area contributed by atoms with Crippen molar-refractivity contribution in [1.82, 2.24) is 20.3 Å². The van der Waals surface area contributed by atoms with Crippen LogP contribution < -0.4 is 5.32 Å². The Hall–Kier alpha value is -1.61. The van der Waals surface area contributed by atoms with Crippen molar-refractivity contribution in [1.29, 1.82) is 0 Å². The van der Waals surface area contributed by atoms with Crippen LogP contribution in [0.1, 0.15) is 31.0 Å². The van der Waals surface area contributed by atoms with E-state index in [0.717, 1.165) is 57.5 Å². The van der Waals surface area contributed by atoms with Gasteiger partial charge < -0.3 is 14.7 Å². The third-order valence-corrected chi connectivity index (χ3v) is 5.65. The molecule has 1 N–H and O–H groups in total. The summed E-state index contributed by atoms with van der Waals surface area (Å²) in [7, 11) is 0. The largest absolute Gasteiger partial charge is 0.364 e. The zero-order valence-corrected chi connectivity index (χ0v) is 18.8. The number of hydrogen-bond donors (Lipinski definition) is 1.